The van der Waals surface area contributed by atoms with E-state index in [1.807, 2.05) is 32.9 Å². The number of hydrogen-bond acceptors (Lipinski definition) is 2. The molecule has 96 valence electrons. The monoisotopic (exact) mass is 239 g/mol. The summed E-state index contributed by atoms with van der Waals surface area (Å²) in [5.41, 5.74) is 0.741. The van der Waals surface area contributed by atoms with Crippen LogP contribution in [0.3, 0.4) is 0 Å². The highest BCUT2D eigenvalue weighted by molar-refractivity contribution is 5.18. The minimum atomic E-state index is -0.140. The van der Waals surface area contributed by atoms with Crippen LogP contribution in [0.2, 0.25) is 0 Å². The molecule has 0 fully saturated rings. The van der Waals surface area contributed by atoms with Crippen molar-refractivity contribution in [1.29, 1.82) is 0 Å². The van der Waals surface area contributed by atoms with Gasteiger partial charge in [-0.15, -0.1) is 0 Å². The van der Waals surface area contributed by atoms with Crippen LogP contribution < -0.4 is 5.32 Å². The van der Waals surface area contributed by atoms with Crippen LogP contribution in [0.15, 0.2) is 24.3 Å². The zero-order valence-electron chi connectivity index (χ0n) is 10.9. The van der Waals surface area contributed by atoms with Gasteiger partial charge in [-0.1, -0.05) is 25.1 Å². The second-order valence-electron chi connectivity index (χ2n) is 4.12. The second-order valence-corrected chi connectivity index (χ2v) is 4.12. The van der Waals surface area contributed by atoms with Gasteiger partial charge in [0.15, 0.2) is 0 Å². The summed E-state index contributed by atoms with van der Waals surface area (Å²) >= 11 is 0. The van der Waals surface area contributed by atoms with Crippen molar-refractivity contribution in [2.45, 2.75) is 39.3 Å². The summed E-state index contributed by atoms with van der Waals surface area (Å²) < 4.78 is 19.2. The van der Waals surface area contributed by atoms with Crippen LogP contribution in [0.1, 0.15) is 26.3 Å². The Morgan fingerprint density at radius 3 is 2.59 bits per heavy atom. The Balaban J connectivity index is 2.69. The van der Waals surface area contributed by atoms with Gasteiger partial charge in [0, 0.05) is 12.6 Å². The average Bonchev–Trinajstić information content (AvgIpc) is 2.31. The van der Waals surface area contributed by atoms with Crippen LogP contribution in [-0.2, 0) is 11.2 Å². The van der Waals surface area contributed by atoms with Crippen LogP contribution in [0.4, 0.5) is 4.39 Å². The zero-order valence-corrected chi connectivity index (χ0v) is 10.9. The van der Waals surface area contributed by atoms with Crippen LogP contribution in [-0.4, -0.2) is 25.3 Å². The molecule has 1 rings (SSSR count). The molecule has 0 heterocycles. The van der Waals surface area contributed by atoms with E-state index in [1.165, 1.54) is 6.07 Å². The first-order valence-electron chi connectivity index (χ1n) is 6.27. The molecule has 0 spiro atoms. The van der Waals surface area contributed by atoms with Crippen LogP contribution in [0, 0.1) is 5.82 Å². The van der Waals surface area contributed by atoms with Crippen molar-refractivity contribution >= 4 is 0 Å². The highest BCUT2D eigenvalue weighted by atomic mass is 19.1. The molecule has 0 aromatic heterocycles. The summed E-state index contributed by atoms with van der Waals surface area (Å²) in [5, 5.41) is 3.35. The van der Waals surface area contributed by atoms with Crippen LogP contribution >= 0.6 is 0 Å². The Labute approximate surface area is 103 Å². The maximum Gasteiger partial charge on any atom is 0.126 e. The third-order valence-electron chi connectivity index (χ3n) is 2.86. The van der Waals surface area contributed by atoms with Crippen molar-refractivity contribution < 1.29 is 9.13 Å². The van der Waals surface area contributed by atoms with Crippen LogP contribution in [0.25, 0.3) is 0 Å². The fourth-order valence-electron chi connectivity index (χ4n) is 1.95. The van der Waals surface area contributed by atoms with E-state index in [0.29, 0.717) is 13.0 Å². The van der Waals surface area contributed by atoms with Crippen LogP contribution in [0.5, 0.6) is 0 Å². The van der Waals surface area contributed by atoms with Gasteiger partial charge >= 0.3 is 0 Å². The second kappa shape index (κ2) is 7.41. The summed E-state index contributed by atoms with van der Waals surface area (Å²) in [6.45, 7) is 7.59. The topological polar surface area (TPSA) is 21.3 Å². The molecule has 17 heavy (non-hydrogen) atoms. The molecule has 0 radical (unpaired) electrons. The van der Waals surface area contributed by atoms with E-state index in [0.717, 1.165) is 12.1 Å². The summed E-state index contributed by atoms with van der Waals surface area (Å²) in [6.07, 6.45) is 0.737. The summed E-state index contributed by atoms with van der Waals surface area (Å²) in [5.74, 6) is -0.140. The largest absolute Gasteiger partial charge is 0.377 e. The smallest absolute Gasteiger partial charge is 0.126 e. The zero-order chi connectivity index (χ0) is 12.7. The fraction of sp³-hybridized carbons (Fsp3) is 0.571. The van der Waals surface area contributed by atoms with Gasteiger partial charge in [0.25, 0.3) is 0 Å². The highest BCUT2D eigenvalue weighted by Gasteiger charge is 2.18. The lowest BCUT2D eigenvalue weighted by atomic mass is 10.0. The molecule has 0 saturated heterocycles. The number of halogens is 1. The van der Waals surface area contributed by atoms with Gasteiger partial charge in [0.2, 0.25) is 0 Å². The van der Waals surface area contributed by atoms with Crippen molar-refractivity contribution in [2.75, 3.05) is 13.2 Å². The Kier molecular flexibility index (Phi) is 6.16. The van der Waals surface area contributed by atoms with E-state index in [4.69, 9.17) is 4.74 Å². The summed E-state index contributed by atoms with van der Waals surface area (Å²) in [4.78, 5) is 0. The van der Waals surface area contributed by atoms with Gasteiger partial charge in [0.1, 0.15) is 5.82 Å². The molecule has 2 nitrogen and oxygen atoms in total. The van der Waals surface area contributed by atoms with Crippen molar-refractivity contribution in [3.63, 3.8) is 0 Å². The van der Waals surface area contributed by atoms with Crippen molar-refractivity contribution in [3.8, 4) is 0 Å². The highest BCUT2D eigenvalue weighted by Crippen LogP contribution is 2.12. The lowest BCUT2D eigenvalue weighted by Crippen LogP contribution is -2.41. The normalized spacial score (nSPS) is 14.6. The molecule has 2 unspecified atom stereocenters. The molecule has 0 amide bonds. The number of benzene rings is 1. The molecular formula is C14H22FNO. The van der Waals surface area contributed by atoms with Crippen molar-refractivity contribution in [2.24, 2.45) is 0 Å². The fourth-order valence-corrected chi connectivity index (χ4v) is 1.95. The summed E-state index contributed by atoms with van der Waals surface area (Å²) in [6, 6.07) is 7.07. The number of likely N-dealkylation sites (N-methyl/N-ethyl adjacent to an activating group) is 1. The Bertz CT molecular complexity index is 330. The number of hydrogen-bond donors (Lipinski definition) is 1. The maximum atomic E-state index is 13.6. The number of rotatable bonds is 7. The number of nitrogens with one attached hydrogen (secondary N) is 1. The number of ether oxygens (including phenoxy) is 1. The van der Waals surface area contributed by atoms with Crippen molar-refractivity contribution in [3.05, 3.63) is 35.6 Å². The first kappa shape index (κ1) is 14.1. The standard InChI is InChI=1S/C14H22FNO/c1-4-16-14(11(3)17-5-2)10-12-8-6-7-9-13(12)15/h6-9,11,14,16H,4-5,10H2,1-3H3. The molecule has 0 aliphatic carbocycles. The van der Waals surface area contributed by atoms with E-state index in [2.05, 4.69) is 5.32 Å². The lowest BCUT2D eigenvalue weighted by molar-refractivity contribution is 0.0478. The first-order chi connectivity index (χ1) is 8.19. The third-order valence-corrected chi connectivity index (χ3v) is 2.86. The van der Waals surface area contributed by atoms with E-state index < -0.39 is 0 Å². The van der Waals surface area contributed by atoms with Gasteiger partial charge in [-0.3, -0.25) is 0 Å². The molecule has 0 aliphatic rings. The predicted molar refractivity (Wildman–Crippen MR) is 68.7 cm³/mol. The lowest BCUT2D eigenvalue weighted by Gasteiger charge is -2.25. The van der Waals surface area contributed by atoms with Gasteiger partial charge in [0.05, 0.1) is 6.10 Å². The molecule has 1 aromatic carbocycles. The minimum absolute atomic E-state index is 0.0829. The molecular weight excluding hydrogens is 217 g/mol. The maximum absolute atomic E-state index is 13.6. The Morgan fingerprint density at radius 1 is 1.29 bits per heavy atom. The molecule has 1 N–H and O–H groups in total. The van der Waals surface area contributed by atoms with E-state index in [9.17, 15) is 4.39 Å². The predicted octanol–water partition coefficient (Wildman–Crippen LogP) is 2.77. The molecule has 0 aliphatic heterocycles. The van der Waals surface area contributed by atoms with Crippen molar-refractivity contribution in [1.82, 2.24) is 5.32 Å². The van der Waals surface area contributed by atoms with Gasteiger partial charge < -0.3 is 10.1 Å². The summed E-state index contributed by atoms with van der Waals surface area (Å²) in [7, 11) is 0. The first-order valence-corrected chi connectivity index (χ1v) is 6.27. The Hall–Kier alpha value is -0.930. The van der Waals surface area contributed by atoms with E-state index in [1.54, 1.807) is 6.07 Å². The quantitative estimate of drug-likeness (QED) is 0.790. The minimum Gasteiger partial charge on any atom is -0.377 e. The van der Waals surface area contributed by atoms with Gasteiger partial charge in [-0.25, -0.2) is 4.39 Å². The SMILES string of the molecule is CCNC(Cc1ccccc1F)C(C)OCC. The Morgan fingerprint density at radius 2 is 2.00 bits per heavy atom. The average molecular weight is 239 g/mol. The van der Waals surface area contributed by atoms with Gasteiger partial charge in [-0.2, -0.15) is 0 Å². The molecule has 0 bridgehead atoms. The van der Waals surface area contributed by atoms with Gasteiger partial charge in [-0.05, 0) is 38.4 Å². The molecule has 1 aromatic rings. The molecule has 3 heteroatoms. The molecule has 0 saturated carbocycles. The van der Waals surface area contributed by atoms with E-state index in [-0.39, 0.29) is 18.0 Å². The van der Waals surface area contributed by atoms with E-state index >= 15 is 0 Å². The molecule has 2 atom stereocenters. The third kappa shape index (κ3) is 4.44.